The number of aromatic amines is 1. The summed E-state index contributed by atoms with van der Waals surface area (Å²) in [5.74, 6) is 0.712. The van der Waals surface area contributed by atoms with E-state index in [-0.39, 0.29) is 5.69 Å². The Bertz CT molecular complexity index is 522. The molecule has 0 atom stereocenters. The lowest BCUT2D eigenvalue weighted by molar-refractivity contribution is 0.111. The molecule has 1 aromatic heterocycles. The van der Waals surface area contributed by atoms with Crippen molar-refractivity contribution in [3.05, 3.63) is 35.0 Å². The lowest BCUT2D eigenvalue weighted by Crippen LogP contribution is -1.84. The van der Waals surface area contributed by atoms with E-state index in [2.05, 4.69) is 10.2 Å². The quantitative estimate of drug-likeness (QED) is 0.834. The molecule has 1 N–H and O–H groups in total. The summed E-state index contributed by atoms with van der Waals surface area (Å²) in [7, 11) is 1.59. The molecular weight excluding hydrogens is 228 g/mol. The molecule has 0 aliphatic heterocycles. The van der Waals surface area contributed by atoms with E-state index < -0.39 is 0 Å². The second kappa shape index (κ2) is 4.37. The first-order valence-electron chi connectivity index (χ1n) is 4.59. The molecule has 4 nitrogen and oxygen atoms in total. The average Bonchev–Trinajstić information content (AvgIpc) is 2.70. The molecule has 1 aromatic carbocycles. The Labute approximate surface area is 97.2 Å². The van der Waals surface area contributed by atoms with Crippen LogP contribution in [0, 0.1) is 0 Å². The van der Waals surface area contributed by atoms with Crippen molar-refractivity contribution in [3.63, 3.8) is 0 Å². The van der Waals surface area contributed by atoms with E-state index in [0.29, 0.717) is 22.8 Å². The van der Waals surface area contributed by atoms with Crippen LogP contribution < -0.4 is 4.74 Å². The van der Waals surface area contributed by atoms with Crippen molar-refractivity contribution in [1.82, 2.24) is 10.2 Å². The van der Waals surface area contributed by atoms with Gasteiger partial charge in [-0.15, -0.1) is 0 Å². The third-order valence-electron chi connectivity index (χ3n) is 2.19. The summed E-state index contributed by atoms with van der Waals surface area (Å²) < 4.78 is 5.10. The van der Waals surface area contributed by atoms with Gasteiger partial charge in [-0.3, -0.25) is 9.89 Å². The fourth-order valence-corrected chi connectivity index (χ4v) is 1.62. The van der Waals surface area contributed by atoms with Crippen LogP contribution in [-0.2, 0) is 0 Å². The molecule has 0 spiro atoms. The largest absolute Gasteiger partial charge is 0.497 e. The molecule has 0 saturated heterocycles. The fraction of sp³-hybridized carbons (Fsp3) is 0.0909. The van der Waals surface area contributed by atoms with Gasteiger partial charge in [0.15, 0.2) is 6.29 Å². The monoisotopic (exact) mass is 236 g/mol. The number of carbonyl (C=O) groups excluding carboxylic acids is 1. The summed E-state index contributed by atoms with van der Waals surface area (Å²) in [6, 6.07) is 7.31. The van der Waals surface area contributed by atoms with E-state index in [9.17, 15) is 4.79 Å². The van der Waals surface area contributed by atoms with Gasteiger partial charge in [0.2, 0.25) is 0 Å². The Balaban J connectivity index is 2.49. The van der Waals surface area contributed by atoms with Gasteiger partial charge in [-0.05, 0) is 12.1 Å². The lowest BCUT2D eigenvalue weighted by atomic mass is 10.1. The lowest BCUT2D eigenvalue weighted by Gasteiger charge is -2.01. The molecular formula is C11H9ClN2O2. The van der Waals surface area contributed by atoms with Gasteiger partial charge >= 0.3 is 0 Å². The number of hydrogen-bond acceptors (Lipinski definition) is 3. The van der Waals surface area contributed by atoms with Crippen LogP contribution in [0.25, 0.3) is 11.3 Å². The first-order valence-corrected chi connectivity index (χ1v) is 4.97. The Kier molecular flexibility index (Phi) is 2.92. The average molecular weight is 237 g/mol. The predicted molar refractivity (Wildman–Crippen MR) is 61.0 cm³/mol. The Hall–Kier alpha value is -1.81. The van der Waals surface area contributed by atoms with Crippen LogP contribution in [0.5, 0.6) is 5.75 Å². The molecule has 2 rings (SSSR count). The van der Waals surface area contributed by atoms with Gasteiger partial charge in [-0.1, -0.05) is 23.7 Å². The van der Waals surface area contributed by atoms with Crippen LogP contribution in [0.2, 0.25) is 5.02 Å². The number of nitrogens with zero attached hydrogens (tertiary/aromatic N) is 1. The number of halogens is 1. The molecule has 0 unspecified atom stereocenters. The molecule has 0 aliphatic carbocycles. The highest BCUT2D eigenvalue weighted by molar-refractivity contribution is 6.35. The Morgan fingerprint density at radius 2 is 2.31 bits per heavy atom. The van der Waals surface area contributed by atoms with Crippen molar-refractivity contribution in [1.29, 1.82) is 0 Å². The molecule has 0 saturated carbocycles. The van der Waals surface area contributed by atoms with Gasteiger partial charge in [0.1, 0.15) is 17.1 Å². The zero-order valence-electron chi connectivity index (χ0n) is 8.53. The molecule has 5 heteroatoms. The minimum absolute atomic E-state index is 0.277. The maximum absolute atomic E-state index is 10.6. The highest BCUT2D eigenvalue weighted by atomic mass is 35.5. The van der Waals surface area contributed by atoms with Crippen LogP contribution in [0.4, 0.5) is 0 Å². The minimum atomic E-state index is 0.277. The van der Waals surface area contributed by atoms with Gasteiger partial charge in [-0.25, -0.2) is 0 Å². The van der Waals surface area contributed by atoms with Crippen LogP contribution >= 0.6 is 11.6 Å². The normalized spacial score (nSPS) is 10.1. The third kappa shape index (κ3) is 1.79. The zero-order valence-corrected chi connectivity index (χ0v) is 9.28. The highest BCUT2D eigenvalue weighted by Crippen LogP contribution is 2.29. The molecule has 16 heavy (non-hydrogen) atoms. The van der Waals surface area contributed by atoms with Gasteiger partial charge in [0, 0.05) is 5.56 Å². The molecule has 0 fully saturated rings. The van der Waals surface area contributed by atoms with Crippen molar-refractivity contribution in [2.75, 3.05) is 7.11 Å². The summed E-state index contributed by atoms with van der Waals surface area (Å²) >= 11 is 5.99. The first-order chi connectivity index (χ1) is 7.76. The SMILES string of the molecule is COc1cccc(-c2n[nH]c(C=O)c2Cl)c1. The van der Waals surface area contributed by atoms with Gasteiger partial charge < -0.3 is 4.74 Å². The van der Waals surface area contributed by atoms with E-state index in [4.69, 9.17) is 16.3 Å². The van der Waals surface area contributed by atoms with Crippen molar-refractivity contribution in [2.45, 2.75) is 0 Å². The van der Waals surface area contributed by atoms with Gasteiger partial charge in [-0.2, -0.15) is 5.10 Å². The summed E-state index contributed by atoms with van der Waals surface area (Å²) in [5.41, 5.74) is 1.62. The van der Waals surface area contributed by atoms with E-state index in [1.807, 2.05) is 18.2 Å². The summed E-state index contributed by atoms with van der Waals surface area (Å²) in [5, 5.41) is 6.88. The topological polar surface area (TPSA) is 55.0 Å². The Morgan fingerprint density at radius 1 is 1.50 bits per heavy atom. The van der Waals surface area contributed by atoms with Crippen LogP contribution in [0.3, 0.4) is 0 Å². The van der Waals surface area contributed by atoms with E-state index in [1.54, 1.807) is 13.2 Å². The number of benzene rings is 1. The second-order valence-corrected chi connectivity index (χ2v) is 3.53. The minimum Gasteiger partial charge on any atom is -0.497 e. The summed E-state index contributed by atoms with van der Waals surface area (Å²) in [6.07, 6.45) is 0.638. The summed E-state index contributed by atoms with van der Waals surface area (Å²) in [4.78, 5) is 10.6. The predicted octanol–water partition coefficient (Wildman–Crippen LogP) is 2.55. The van der Waals surface area contributed by atoms with Crippen molar-refractivity contribution in [2.24, 2.45) is 0 Å². The first kappa shape index (κ1) is 10.7. The number of rotatable bonds is 3. The number of carbonyl (C=O) groups is 1. The fourth-order valence-electron chi connectivity index (χ4n) is 1.38. The molecule has 0 bridgehead atoms. The van der Waals surface area contributed by atoms with E-state index >= 15 is 0 Å². The second-order valence-electron chi connectivity index (χ2n) is 3.15. The number of methoxy groups -OCH3 is 1. The smallest absolute Gasteiger partial charge is 0.169 e. The Morgan fingerprint density at radius 3 is 2.94 bits per heavy atom. The highest BCUT2D eigenvalue weighted by Gasteiger charge is 2.12. The van der Waals surface area contributed by atoms with Crippen LogP contribution in [0.15, 0.2) is 24.3 Å². The molecule has 0 radical (unpaired) electrons. The number of nitrogens with one attached hydrogen (secondary N) is 1. The number of H-pyrrole nitrogens is 1. The van der Waals surface area contributed by atoms with Gasteiger partial charge in [0.25, 0.3) is 0 Å². The number of ether oxygens (including phenoxy) is 1. The maximum atomic E-state index is 10.6. The molecule has 82 valence electrons. The molecule has 0 amide bonds. The number of hydrogen-bond donors (Lipinski definition) is 1. The zero-order chi connectivity index (χ0) is 11.5. The number of aromatic nitrogens is 2. The van der Waals surface area contributed by atoms with Crippen molar-refractivity contribution < 1.29 is 9.53 Å². The van der Waals surface area contributed by atoms with E-state index in [0.717, 1.165) is 5.56 Å². The van der Waals surface area contributed by atoms with Crippen LogP contribution in [-0.4, -0.2) is 23.6 Å². The maximum Gasteiger partial charge on any atom is 0.169 e. The molecule has 0 aliphatic rings. The molecule has 1 heterocycles. The van der Waals surface area contributed by atoms with Crippen molar-refractivity contribution in [3.8, 4) is 17.0 Å². The van der Waals surface area contributed by atoms with Crippen molar-refractivity contribution >= 4 is 17.9 Å². The molecule has 2 aromatic rings. The number of aldehydes is 1. The standard InChI is InChI=1S/C11H9ClN2O2/c1-16-8-4-2-3-7(5-8)11-10(12)9(6-15)13-14-11/h2-6H,1H3,(H,13,14). The van der Waals surface area contributed by atoms with E-state index in [1.165, 1.54) is 0 Å². The third-order valence-corrected chi connectivity index (χ3v) is 2.58. The van der Waals surface area contributed by atoms with Gasteiger partial charge in [0.05, 0.1) is 12.1 Å². The summed E-state index contributed by atoms with van der Waals surface area (Å²) in [6.45, 7) is 0. The van der Waals surface area contributed by atoms with Crippen LogP contribution in [0.1, 0.15) is 10.5 Å².